The zero-order valence-electron chi connectivity index (χ0n) is 11.3. The van der Waals surface area contributed by atoms with Gasteiger partial charge in [0.05, 0.1) is 12.7 Å². The Hall–Kier alpha value is -0.0800. The summed E-state index contributed by atoms with van der Waals surface area (Å²) in [4.78, 5) is 2.59. The maximum atomic E-state index is 5.52. The highest BCUT2D eigenvalue weighted by Crippen LogP contribution is 2.27. The summed E-state index contributed by atoms with van der Waals surface area (Å²) in [5.74, 6) is 0. The smallest absolute Gasteiger partial charge is 0.0718 e. The third-order valence-corrected chi connectivity index (χ3v) is 2.81. The number of fused-ring (bicyclic) bond motifs is 2. The highest BCUT2D eigenvalue weighted by Gasteiger charge is 2.38. The maximum Gasteiger partial charge on any atom is 0.0718 e. The molecule has 0 aromatic rings. The van der Waals surface area contributed by atoms with Crippen molar-refractivity contribution in [2.75, 3.05) is 19.7 Å². The number of hydrogen-bond donors (Lipinski definition) is 0. The predicted molar refractivity (Wildman–Crippen MR) is 67.3 cm³/mol. The van der Waals surface area contributed by atoms with Crippen molar-refractivity contribution in [2.45, 2.75) is 66.0 Å². The first kappa shape index (κ1) is 14.9. The molecular formula is C13H29NO. The second-order valence-corrected chi connectivity index (χ2v) is 3.69. The van der Waals surface area contributed by atoms with E-state index >= 15 is 0 Å². The van der Waals surface area contributed by atoms with Gasteiger partial charge in [0.2, 0.25) is 0 Å². The fourth-order valence-electron chi connectivity index (χ4n) is 2.11. The van der Waals surface area contributed by atoms with Crippen LogP contribution in [-0.4, -0.2) is 36.7 Å². The molecule has 0 aromatic heterocycles. The van der Waals surface area contributed by atoms with Gasteiger partial charge in [0, 0.05) is 12.6 Å². The molecule has 0 aromatic carbocycles. The van der Waals surface area contributed by atoms with E-state index in [4.69, 9.17) is 4.74 Å². The minimum absolute atomic E-state index is 0.580. The molecule has 15 heavy (non-hydrogen) atoms. The average Bonchev–Trinajstić information content (AvgIpc) is 2.93. The summed E-state index contributed by atoms with van der Waals surface area (Å²) in [7, 11) is 0. The van der Waals surface area contributed by atoms with Crippen LogP contribution in [0.15, 0.2) is 0 Å². The summed E-state index contributed by atoms with van der Waals surface area (Å²) in [5, 5.41) is 0. The van der Waals surface area contributed by atoms with Gasteiger partial charge in [0.25, 0.3) is 0 Å². The van der Waals surface area contributed by atoms with Crippen LogP contribution in [0.4, 0.5) is 0 Å². The molecule has 0 aliphatic carbocycles. The van der Waals surface area contributed by atoms with Crippen molar-refractivity contribution in [2.24, 2.45) is 0 Å². The summed E-state index contributed by atoms with van der Waals surface area (Å²) < 4.78 is 5.52. The number of nitrogens with zero attached hydrogens (tertiary/aromatic N) is 1. The van der Waals surface area contributed by atoms with Crippen molar-refractivity contribution < 1.29 is 4.74 Å². The molecular weight excluding hydrogens is 186 g/mol. The lowest BCUT2D eigenvalue weighted by Gasteiger charge is -2.26. The molecule has 0 N–H and O–H groups in total. The lowest BCUT2D eigenvalue weighted by molar-refractivity contribution is 0.0302. The number of hydrogen-bond acceptors (Lipinski definition) is 2. The van der Waals surface area contributed by atoms with Crippen molar-refractivity contribution in [3.63, 3.8) is 0 Å². The minimum Gasteiger partial charge on any atom is -0.375 e. The van der Waals surface area contributed by atoms with E-state index in [0.717, 1.165) is 12.6 Å². The van der Waals surface area contributed by atoms with E-state index in [2.05, 4.69) is 11.8 Å². The molecule has 2 aliphatic heterocycles. The normalized spacial score (nSPS) is 27.8. The minimum atomic E-state index is 0.580. The Morgan fingerprint density at radius 2 is 1.87 bits per heavy atom. The standard InChI is InChI=1S/C9H17NO.2C2H6/c1-2-3-4-10-6-9-5-8(10)7-11-9;2*1-2/h8-9H,2-7H2,1H3;2*1-2H3. The van der Waals surface area contributed by atoms with E-state index in [-0.39, 0.29) is 0 Å². The zero-order chi connectivity index (χ0) is 11.7. The topological polar surface area (TPSA) is 12.5 Å². The van der Waals surface area contributed by atoms with Gasteiger partial charge in [-0.2, -0.15) is 0 Å². The lowest BCUT2D eigenvalue weighted by Crippen LogP contribution is -2.37. The largest absolute Gasteiger partial charge is 0.375 e. The molecule has 2 bridgehead atoms. The molecule has 0 saturated carbocycles. The lowest BCUT2D eigenvalue weighted by atomic mass is 10.2. The summed E-state index contributed by atoms with van der Waals surface area (Å²) in [6, 6.07) is 0.770. The van der Waals surface area contributed by atoms with E-state index in [0.29, 0.717) is 6.10 Å². The van der Waals surface area contributed by atoms with Crippen LogP contribution < -0.4 is 0 Å². The fourth-order valence-corrected chi connectivity index (χ4v) is 2.11. The molecule has 0 amide bonds. The van der Waals surface area contributed by atoms with Gasteiger partial charge >= 0.3 is 0 Å². The van der Waals surface area contributed by atoms with Gasteiger partial charge in [0.15, 0.2) is 0 Å². The van der Waals surface area contributed by atoms with E-state index in [1.807, 2.05) is 27.7 Å². The van der Waals surface area contributed by atoms with Gasteiger partial charge in [-0.25, -0.2) is 0 Å². The van der Waals surface area contributed by atoms with E-state index in [9.17, 15) is 0 Å². The van der Waals surface area contributed by atoms with Crippen LogP contribution in [0.5, 0.6) is 0 Å². The van der Waals surface area contributed by atoms with Gasteiger partial charge in [-0.3, -0.25) is 4.90 Å². The molecule has 2 unspecified atom stereocenters. The maximum absolute atomic E-state index is 5.52. The SMILES string of the molecule is CC.CC.CCCCN1CC2CC1CO2. The molecule has 2 atom stereocenters. The summed E-state index contributed by atoms with van der Waals surface area (Å²) >= 11 is 0. The highest BCUT2D eigenvalue weighted by atomic mass is 16.5. The molecule has 92 valence electrons. The molecule has 0 radical (unpaired) electrons. The van der Waals surface area contributed by atoms with Crippen LogP contribution in [0.3, 0.4) is 0 Å². The number of likely N-dealkylation sites (tertiary alicyclic amines) is 1. The van der Waals surface area contributed by atoms with Crippen LogP contribution in [0.1, 0.15) is 53.9 Å². The van der Waals surface area contributed by atoms with Gasteiger partial charge in [-0.05, 0) is 19.4 Å². The highest BCUT2D eigenvalue weighted by molar-refractivity contribution is 4.90. The van der Waals surface area contributed by atoms with Crippen molar-refractivity contribution in [3.05, 3.63) is 0 Å². The third kappa shape index (κ3) is 4.52. The average molecular weight is 215 g/mol. The Balaban J connectivity index is 0.000000442. The summed E-state index contributed by atoms with van der Waals surface area (Å²) in [5.41, 5.74) is 0. The van der Waals surface area contributed by atoms with Crippen LogP contribution in [0.25, 0.3) is 0 Å². The van der Waals surface area contributed by atoms with E-state index < -0.39 is 0 Å². The molecule has 2 fully saturated rings. The third-order valence-electron chi connectivity index (χ3n) is 2.81. The number of morpholine rings is 1. The van der Waals surface area contributed by atoms with Gasteiger partial charge in [-0.15, -0.1) is 0 Å². The molecule has 2 nitrogen and oxygen atoms in total. The number of ether oxygens (including phenoxy) is 1. The van der Waals surface area contributed by atoms with Gasteiger partial charge in [-0.1, -0.05) is 41.0 Å². The first-order chi connectivity index (χ1) is 7.40. The van der Waals surface area contributed by atoms with Crippen LogP contribution >= 0.6 is 0 Å². The molecule has 0 spiro atoms. The van der Waals surface area contributed by atoms with Crippen LogP contribution in [-0.2, 0) is 4.74 Å². The molecule has 2 saturated heterocycles. The first-order valence-electron chi connectivity index (χ1n) is 6.76. The first-order valence-corrected chi connectivity index (χ1v) is 6.76. The Morgan fingerprint density at radius 1 is 1.20 bits per heavy atom. The molecule has 2 rings (SSSR count). The van der Waals surface area contributed by atoms with Crippen LogP contribution in [0.2, 0.25) is 0 Å². The van der Waals surface area contributed by atoms with Gasteiger partial charge in [0.1, 0.15) is 0 Å². The van der Waals surface area contributed by atoms with Crippen LogP contribution in [0, 0.1) is 0 Å². The Kier molecular flexibility index (Phi) is 9.12. The van der Waals surface area contributed by atoms with Gasteiger partial charge < -0.3 is 4.74 Å². The van der Waals surface area contributed by atoms with Crippen molar-refractivity contribution in [3.8, 4) is 0 Å². The van der Waals surface area contributed by atoms with Crippen molar-refractivity contribution >= 4 is 0 Å². The summed E-state index contributed by atoms with van der Waals surface area (Å²) in [6.45, 7) is 13.7. The predicted octanol–water partition coefficient (Wildman–Crippen LogP) is 3.31. The quantitative estimate of drug-likeness (QED) is 0.716. The van der Waals surface area contributed by atoms with E-state index in [1.165, 1.54) is 32.4 Å². The Bertz CT molecular complexity index is 138. The van der Waals surface area contributed by atoms with Crippen molar-refractivity contribution in [1.29, 1.82) is 0 Å². The Labute approximate surface area is 96.0 Å². The van der Waals surface area contributed by atoms with Crippen molar-refractivity contribution in [1.82, 2.24) is 4.90 Å². The molecule has 2 aliphatic rings. The molecule has 2 heteroatoms. The second kappa shape index (κ2) is 9.17. The zero-order valence-corrected chi connectivity index (χ0v) is 11.3. The van der Waals surface area contributed by atoms with E-state index in [1.54, 1.807) is 0 Å². The number of rotatable bonds is 3. The monoisotopic (exact) mass is 215 g/mol. The molecule has 2 heterocycles. The fraction of sp³-hybridized carbons (Fsp3) is 1.00. The summed E-state index contributed by atoms with van der Waals surface area (Å²) in [6.07, 6.45) is 4.54. The number of unbranched alkanes of at least 4 members (excludes halogenated alkanes) is 1. The Morgan fingerprint density at radius 3 is 2.27 bits per heavy atom. The second-order valence-electron chi connectivity index (χ2n) is 3.69.